The minimum atomic E-state index is -1.03. The number of benzene rings is 3. The molecule has 1 aliphatic carbocycles. The Morgan fingerprint density at radius 3 is 2.20 bits per heavy atom. The normalized spacial score (nSPS) is 18.9. The number of aryl methyl sites for hydroxylation is 1. The van der Waals surface area contributed by atoms with Crippen LogP contribution < -0.4 is 10.2 Å². The van der Waals surface area contributed by atoms with Crippen molar-refractivity contribution in [3.05, 3.63) is 106 Å². The molecule has 0 spiro atoms. The van der Waals surface area contributed by atoms with Crippen LogP contribution in [0.4, 0.5) is 11.4 Å². The molecular formula is C34H36N2O4. The van der Waals surface area contributed by atoms with E-state index in [0.29, 0.717) is 24.1 Å². The minimum Gasteiger partial charge on any atom is -0.481 e. The Hall–Kier alpha value is -4.19. The quantitative estimate of drug-likeness (QED) is 0.365. The molecule has 1 heterocycles. The molecule has 40 heavy (non-hydrogen) atoms. The summed E-state index contributed by atoms with van der Waals surface area (Å²) >= 11 is 0. The molecule has 0 saturated carbocycles. The number of carbonyl (C=O) groups is 3. The molecule has 3 aromatic carbocycles. The third-order valence-corrected chi connectivity index (χ3v) is 7.95. The van der Waals surface area contributed by atoms with E-state index in [2.05, 4.69) is 50.4 Å². The third kappa shape index (κ3) is 5.44. The van der Waals surface area contributed by atoms with E-state index in [1.165, 1.54) is 5.56 Å². The highest BCUT2D eigenvalue weighted by atomic mass is 16.4. The molecule has 0 bridgehead atoms. The minimum absolute atomic E-state index is 0.00642. The maximum atomic E-state index is 14.1. The summed E-state index contributed by atoms with van der Waals surface area (Å²) in [6.45, 7) is 8.55. The van der Waals surface area contributed by atoms with E-state index in [-0.39, 0.29) is 35.9 Å². The van der Waals surface area contributed by atoms with Gasteiger partial charge in [-0.2, -0.15) is 0 Å². The van der Waals surface area contributed by atoms with E-state index >= 15 is 0 Å². The number of para-hydroxylation sites is 2. The van der Waals surface area contributed by atoms with Crippen molar-refractivity contribution in [2.45, 2.75) is 70.8 Å². The number of carbonyl (C=O) groups excluding carboxylic acids is 2. The second-order valence-corrected chi connectivity index (χ2v) is 11.9. The number of amides is 1. The molecule has 2 atom stereocenters. The van der Waals surface area contributed by atoms with Crippen LogP contribution in [0.15, 0.2) is 84.1 Å². The van der Waals surface area contributed by atoms with Gasteiger partial charge < -0.3 is 10.4 Å². The fraction of sp³-hybridized carbons (Fsp3) is 0.324. The summed E-state index contributed by atoms with van der Waals surface area (Å²) in [7, 11) is 0. The molecule has 206 valence electrons. The van der Waals surface area contributed by atoms with Crippen molar-refractivity contribution in [3.63, 3.8) is 0 Å². The standard InChI is InChI=1S/C34H36N2O4/c1-21-9-11-23(12-10-21)33-32-27(19-24(20-29(32)37)22-13-15-25(16-14-22)34(2,3)4)35-26-7-5-6-8-28(26)36(33)30(38)17-18-31(39)40/h5-16,24,33,35H,17-20H2,1-4H3,(H,39,40)/t24-,33+/m1/s1. The summed E-state index contributed by atoms with van der Waals surface area (Å²) in [5.74, 6) is -1.36. The maximum Gasteiger partial charge on any atom is 0.303 e. The summed E-state index contributed by atoms with van der Waals surface area (Å²) in [4.78, 5) is 40.8. The molecule has 2 aliphatic rings. The number of nitrogens with one attached hydrogen (secondary N) is 1. The first kappa shape index (κ1) is 27.4. The van der Waals surface area contributed by atoms with E-state index in [1.54, 1.807) is 4.90 Å². The van der Waals surface area contributed by atoms with Crippen molar-refractivity contribution in [3.8, 4) is 0 Å². The van der Waals surface area contributed by atoms with E-state index < -0.39 is 12.0 Å². The smallest absolute Gasteiger partial charge is 0.303 e. The second kappa shape index (κ2) is 10.8. The zero-order valence-corrected chi connectivity index (χ0v) is 23.5. The number of hydrogen-bond donors (Lipinski definition) is 2. The zero-order valence-electron chi connectivity index (χ0n) is 23.5. The first-order chi connectivity index (χ1) is 19.0. The molecule has 0 aromatic heterocycles. The fourth-order valence-corrected chi connectivity index (χ4v) is 5.75. The average molecular weight is 537 g/mol. The largest absolute Gasteiger partial charge is 0.481 e. The predicted octanol–water partition coefficient (Wildman–Crippen LogP) is 7.06. The van der Waals surface area contributed by atoms with Gasteiger partial charge in [-0.25, -0.2) is 0 Å². The first-order valence-electron chi connectivity index (χ1n) is 13.9. The summed E-state index contributed by atoms with van der Waals surface area (Å²) in [5, 5.41) is 12.8. The van der Waals surface area contributed by atoms with Crippen LogP contribution in [0.5, 0.6) is 0 Å². The maximum absolute atomic E-state index is 14.1. The Morgan fingerprint density at radius 1 is 0.900 bits per heavy atom. The highest BCUT2D eigenvalue weighted by Crippen LogP contribution is 2.47. The van der Waals surface area contributed by atoms with Gasteiger partial charge >= 0.3 is 5.97 Å². The molecule has 5 rings (SSSR count). The molecule has 6 nitrogen and oxygen atoms in total. The van der Waals surface area contributed by atoms with Crippen molar-refractivity contribution in [2.24, 2.45) is 0 Å². The van der Waals surface area contributed by atoms with Gasteiger partial charge in [0.05, 0.1) is 23.8 Å². The first-order valence-corrected chi connectivity index (χ1v) is 13.9. The van der Waals surface area contributed by atoms with Crippen molar-refractivity contribution < 1.29 is 19.5 Å². The van der Waals surface area contributed by atoms with Crippen LogP contribution in [0.25, 0.3) is 0 Å². The number of hydrogen-bond acceptors (Lipinski definition) is 4. The van der Waals surface area contributed by atoms with Crippen molar-refractivity contribution >= 4 is 29.0 Å². The van der Waals surface area contributed by atoms with Gasteiger partial charge in [0, 0.05) is 24.1 Å². The number of aliphatic carboxylic acids is 1. The lowest BCUT2D eigenvalue weighted by Crippen LogP contribution is -2.38. The Morgan fingerprint density at radius 2 is 1.55 bits per heavy atom. The van der Waals surface area contributed by atoms with Gasteiger partial charge in [0.2, 0.25) is 5.91 Å². The average Bonchev–Trinajstić information content (AvgIpc) is 3.06. The van der Waals surface area contributed by atoms with E-state index in [4.69, 9.17) is 0 Å². The number of nitrogens with zero attached hydrogens (tertiary/aromatic N) is 1. The lowest BCUT2D eigenvalue weighted by Gasteiger charge is -2.35. The molecule has 0 unspecified atom stereocenters. The van der Waals surface area contributed by atoms with Crippen LogP contribution in [0.2, 0.25) is 0 Å². The zero-order chi connectivity index (χ0) is 28.6. The van der Waals surface area contributed by atoms with Crippen molar-refractivity contribution in [2.75, 3.05) is 10.2 Å². The summed E-state index contributed by atoms with van der Waals surface area (Å²) < 4.78 is 0. The summed E-state index contributed by atoms with van der Waals surface area (Å²) in [5.41, 5.74) is 7.05. The van der Waals surface area contributed by atoms with E-state index in [1.807, 2.05) is 55.5 Å². The van der Waals surface area contributed by atoms with E-state index in [9.17, 15) is 19.5 Å². The van der Waals surface area contributed by atoms with Crippen LogP contribution in [-0.2, 0) is 19.8 Å². The fourth-order valence-electron chi connectivity index (χ4n) is 5.75. The third-order valence-electron chi connectivity index (χ3n) is 7.95. The Labute approximate surface area is 235 Å². The van der Waals surface area contributed by atoms with Crippen LogP contribution in [0.1, 0.15) is 80.7 Å². The number of rotatable bonds is 5. The van der Waals surface area contributed by atoms with Gasteiger partial charge in [-0.15, -0.1) is 0 Å². The monoisotopic (exact) mass is 536 g/mol. The number of anilines is 2. The molecule has 1 aliphatic heterocycles. The molecule has 0 fully saturated rings. The Kier molecular flexibility index (Phi) is 7.37. The van der Waals surface area contributed by atoms with Crippen LogP contribution in [0, 0.1) is 6.92 Å². The highest BCUT2D eigenvalue weighted by molar-refractivity contribution is 6.06. The molecule has 0 saturated heterocycles. The molecule has 6 heteroatoms. The topological polar surface area (TPSA) is 86.7 Å². The van der Waals surface area contributed by atoms with Gasteiger partial charge in [-0.3, -0.25) is 19.3 Å². The number of ketones is 1. The molecular weight excluding hydrogens is 500 g/mol. The van der Waals surface area contributed by atoms with E-state index in [0.717, 1.165) is 28.1 Å². The van der Waals surface area contributed by atoms with Crippen molar-refractivity contribution in [1.82, 2.24) is 0 Å². The number of Topliss-reactive ketones (excluding diaryl/α,β-unsaturated/α-hetero) is 1. The van der Waals surface area contributed by atoms with Gasteiger partial charge in [-0.05, 0) is 53.5 Å². The van der Waals surface area contributed by atoms with Crippen LogP contribution >= 0.6 is 0 Å². The summed E-state index contributed by atoms with van der Waals surface area (Å²) in [6, 6.07) is 23.3. The number of allylic oxidation sites excluding steroid dienone is 1. The van der Waals surface area contributed by atoms with Crippen molar-refractivity contribution in [1.29, 1.82) is 0 Å². The lowest BCUT2D eigenvalue weighted by molar-refractivity contribution is -0.138. The summed E-state index contributed by atoms with van der Waals surface area (Å²) in [6.07, 6.45) is 0.526. The van der Waals surface area contributed by atoms with Gasteiger partial charge in [0.25, 0.3) is 0 Å². The number of fused-ring (bicyclic) bond motifs is 1. The predicted molar refractivity (Wildman–Crippen MR) is 157 cm³/mol. The SMILES string of the molecule is Cc1ccc([C@H]2C3=C(C[C@@H](c4ccc(C(C)(C)C)cc4)CC3=O)Nc3ccccc3N2C(=O)CCC(=O)O)cc1. The van der Waals surface area contributed by atoms with Crippen LogP contribution in [0.3, 0.4) is 0 Å². The molecule has 1 amide bonds. The van der Waals surface area contributed by atoms with Gasteiger partial charge in [0.15, 0.2) is 5.78 Å². The van der Waals surface area contributed by atoms with Crippen LogP contribution in [-0.4, -0.2) is 22.8 Å². The Bertz CT molecular complexity index is 1480. The number of carboxylic acids is 1. The van der Waals surface area contributed by atoms with Gasteiger partial charge in [-0.1, -0.05) is 87.0 Å². The highest BCUT2D eigenvalue weighted by Gasteiger charge is 2.41. The molecule has 3 aromatic rings. The lowest BCUT2D eigenvalue weighted by atomic mass is 9.77. The Balaban J connectivity index is 1.63. The molecule has 0 radical (unpaired) electrons. The second-order valence-electron chi connectivity index (χ2n) is 11.9. The van der Waals surface area contributed by atoms with Gasteiger partial charge in [0.1, 0.15) is 0 Å². The number of carboxylic acid groups (broad SMARTS) is 1. The molecule has 2 N–H and O–H groups in total.